The van der Waals surface area contributed by atoms with Crippen molar-refractivity contribution in [3.8, 4) is 0 Å². The fraction of sp³-hybridized carbons (Fsp3) is 0.500. The van der Waals surface area contributed by atoms with Gasteiger partial charge in [0.2, 0.25) is 10.0 Å². The summed E-state index contributed by atoms with van der Waals surface area (Å²) in [5.41, 5.74) is -2.19. The molecule has 12 heteroatoms. The molecule has 1 aliphatic heterocycles. The second kappa shape index (κ2) is 8.38. The zero-order valence-electron chi connectivity index (χ0n) is 17.9. The SMILES string of the molecule is CC(C)(C)c1cn(CC2CN(S(C)(=O)=O)C2)c(=NC(=O)c2cc(C(F)(F)F)ccc2F)s1. The van der Waals surface area contributed by atoms with Crippen LogP contribution in [-0.2, 0) is 28.2 Å². The van der Waals surface area contributed by atoms with Gasteiger partial charge in [-0.15, -0.1) is 11.3 Å². The van der Waals surface area contributed by atoms with Gasteiger partial charge in [0, 0.05) is 36.6 Å². The Bertz CT molecular complexity index is 1200. The lowest BCUT2D eigenvalue weighted by molar-refractivity contribution is -0.137. The summed E-state index contributed by atoms with van der Waals surface area (Å²) in [5.74, 6) is -2.21. The van der Waals surface area contributed by atoms with E-state index in [0.29, 0.717) is 37.8 Å². The highest BCUT2D eigenvalue weighted by atomic mass is 32.2. The van der Waals surface area contributed by atoms with Gasteiger partial charge in [0.25, 0.3) is 5.91 Å². The fourth-order valence-electron chi connectivity index (χ4n) is 3.14. The van der Waals surface area contributed by atoms with Gasteiger partial charge in [-0.3, -0.25) is 4.79 Å². The summed E-state index contributed by atoms with van der Waals surface area (Å²) in [6.45, 7) is 6.88. The molecule has 1 aromatic heterocycles. The zero-order valence-corrected chi connectivity index (χ0v) is 19.5. The first-order valence-electron chi connectivity index (χ1n) is 9.67. The lowest BCUT2D eigenvalue weighted by Gasteiger charge is -2.37. The topological polar surface area (TPSA) is 71.7 Å². The molecule has 6 nitrogen and oxygen atoms in total. The Balaban J connectivity index is 1.96. The Morgan fingerprint density at radius 3 is 2.38 bits per heavy atom. The molecular formula is C20H23F4N3O3S2. The first-order chi connectivity index (χ1) is 14.6. The average Bonchev–Trinajstić information content (AvgIpc) is 2.98. The lowest BCUT2D eigenvalue weighted by Crippen LogP contribution is -2.51. The maximum atomic E-state index is 14.1. The van der Waals surface area contributed by atoms with Crippen LogP contribution in [0.15, 0.2) is 29.4 Å². The van der Waals surface area contributed by atoms with Crippen LogP contribution >= 0.6 is 11.3 Å². The van der Waals surface area contributed by atoms with Gasteiger partial charge >= 0.3 is 6.18 Å². The number of rotatable bonds is 4. The van der Waals surface area contributed by atoms with Crippen molar-refractivity contribution in [2.24, 2.45) is 10.9 Å². The number of sulfonamides is 1. The molecule has 0 atom stereocenters. The molecule has 176 valence electrons. The molecule has 0 aliphatic carbocycles. The largest absolute Gasteiger partial charge is 0.416 e. The second-order valence-corrected chi connectivity index (χ2v) is 11.8. The van der Waals surface area contributed by atoms with Crippen LogP contribution in [0.2, 0.25) is 0 Å². The normalized spacial score (nSPS) is 16.9. The van der Waals surface area contributed by atoms with E-state index in [-0.39, 0.29) is 16.1 Å². The maximum absolute atomic E-state index is 14.1. The maximum Gasteiger partial charge on any atom is 0.416 e. The molecule has 1 saturated heterocycles. The molecule has 2 aromatic rings. The van der Waals surface area contributed by atoms with Crippen LogP contribution in [0.1, 0.15) is 41.6 Å². The summed E-state index contributed by atoms with van der Waals surface area (Å²) in [6.07, 6.45) is -1.80. The van der Waals surface area contributed by atoms with Gasteiger partial charge in [-0.05, 0) is 23.6 Å². The van der Waals surface area contributed by atoms with Crippen LogP contribution < -0.4 is 4.80 Å². The van der Waals surface area contributed by atoms with Gasteiger partial charge in [0.05, 0.1) is 17.4 Å². The van der Waals surface area contributed by atoms with E-state index in [1.165, 1.54) is 15.6 Å². The van der Waals surface area contributed by atoms with Crippen LogP contribution in [0.25, 0.3) is 0 Å². The third-order valence-electron chi connectivity index (χ3n) is 5.03. The molecule has 32 heavy (non-hydrogen) atoms. The number of aromatic nitrogens is 1. The van der Waals surface area contributed by atoms with E-state index in [4.69, 9.17) is 0 Å². The molecule has 0 saturated carbocycles. The molecule has 1 aliphatic rings. The van der Waals surface area contributed by atoms with Crippen LogP contribution in [0.3, 0.4) is 0 Å². The first kappa shape index (κ1) is 24.6. The van der Waals surface area contributed by atoms with Crippen molar-refractivity contribution < 1.29 is 30.8 Å². The van der Waals surface area contributed by atoms with Crippen LogP contribution in [0.5, 0.6) is 0 Å². The highest BCUT2D eigenvalue weighted by Gasteiger charge is 2.34. The molecule has 0 spiro atoms. The van der Waals surface area contributed by atoms with Crippen LogP contribution in [-0.4, -0.2) is 42.5 Å². The Labute approximate surface area is 187 Å². The average molecular weight is 494 g/mol. The molecule has 3 rings (SSSR count). The highest BCUT2D eigenvalue weighted by molar-refractivity contribution is 7.88. The number of hydrogen-bond acceptors (Lipinski definition) is 4. The van der Waals surface area contributed by atoms with Crippen molar-refractivity contribution in [3.05, 3.63) is 51.0 Å². The quantitative estimate of drug-likeness (QED) is 0.611. The van der Waals surface area contributed by atoms with Crippen LogP contribution in [0.4, 0.5) is 17.6 Å². The Morgan fingerprint density at radius 1 is 1.22 bits per heavy atom. The summed E-state index contributed by atoms with van der Waals surface area (Å²) in [4.78, 5) is 17.6. The third-order valence-corrected chi connectivity index (χ3v) is 7.71. The molecule has 0 bridgehead atoms. The summed E-state index contributed by atoms with van der Waals surface area (Å²) in [5, 5.41) is 0. The number of alkyl halides is 3. The first-order valence-corrected chi connectivity index (χ1v) is 12.3. The van der Waals surface area contributed by atoms with Gasteiger partial charge < -0.3 is 4.57 Å². The van der Waals surface area contributed by atoms with Crippen molar-refractivity contribution >= 4 is 27.3 Å². The molecule has 0 N–H and O–H groups in total. The number of hydrogen-bond donors (Lipinski definition) is 0. The minimum absolute atomic E-state index is 0.00788. The van der Waals surface area contributed by atoms with Crippen molar-refractivity contribution in [2.45, 2.75) is 38.9 Å². The third kappa shape index (κ3) is 5.46. The van der Waals surface area contributed by atoms with Crippen LogP contribution in [0, 0.1) is 11.7 Å². The lowest BCUT2D eigenvalue weighted by atomic mass is 9.95. The number of amides is 1. The van der Waals surface area contributed by atoms with Gasteiger partial charge in [-0.25, -0.2) is 17.1 Å². The highest BCUT2D eigenvalue weighted by Crippen LogP contribution is 2.31. The smallest absolute Gasteiger partial charge is 0.323 e. The van der Waals surface area contributed by atoms with E-state index >= 15 is 0 Å². The van der Waals surface area contributed by atoms with Gasteiger partial charge in [-0.1, -0.05) is 20.8 Å². The van der Waals surface area contributed by atoms with Gasteiger partial charge in [0.15, 0.2) is 4.80 Å². The summed E-state index contributed by atoms with van der Waals surface area (Å²) in [7, 11) is -3.28. The van der Waals surface area contributed by atoms with Gasteiger partial charge in [0.1, 0.15) is 5.82 Å². The summed E-state index contributed by atoms with van der Waals surface area (Å²) in [6, 6.07) is 1.63. The minimum Gasteiger partial charge on any atom is -0.323 e. The molecule has 0 radical (unpaired) electrons. The Kier molecular flexibility index (Phi) is 6.44. The monoisotopic (exact) mass is 493 g/mol. The number of carbonyl (C=O) groups is 1. The molecule has 1 aromatic carbocycles. The van der Waals surface area contributed by atoms with E-state index < -0.39 is 39.1 Å². The van der Waals surface area contributed by atoms with Crippen molar-refractivity contribution in [3.63, 3.8) is 0 Å². The predicted octanol–water partition coefficient (Wildman–Crippen LogP) is 3.64. The molecular weight excluding hydrogens is 470 g/mol. The zero-order chi connectivity index (χ0) is 24.1. The van der Waals surface area contributed by atoms with Gasteiger partial charge in [-0.2, -0.15) is 18.2 Å². The van der Waals surface area contributed by atoms with E-state index in [1.54, 1.807) is 10.8 Å². The Morgan fingerprint density at radius 2 is 1.84 bits per heavy atom. The molecule has 1 fully saturated rings. The minimum atomic E-state index is -4.72. The molecule has 2 heterocycles. The second-order valence-electron chi connectivity index (χ2n) is 8.84. The van der Waals surface area contributed by atoms with E-state index in [1.807, 2.05) is 20.8 Å². The number of halogens is 4. The molecule has 1 amide bonds. The predicted molar refractivity (Wildman–Crippen MR) is 112 cm³/mol. The van der Waals surface area contributed by atoms with E-state index in [0.717, 1.165) is 11.1 Å². The van der Waals surface area contributed by atoms with Crippen molar-refractivity contribution in [2.75, 3.05) is 19.3 Å². The number of benzene rings is 1. The van der Waals surface area contributed by atoms with E-state index in [9.17, 15) is 30.8 Å². The standard InChI is InChI=1S/C20H23F4N3O3S2/c1-19(2,3)16-11-26(8-12-9-27(10-12)32(4,29)30)18(31-16)25-17(28)14-7-13(20(22,23)24)5-6-15(14)21/h5-7,11-12H,8-10H2,1-4H3. The number of nitrogens with zero attached hydrogens (tertiary/aromatic N) is 3. The summed E-state index contributed by atoms with van der Waals surface area (Å²) >= 11 is 1.19. The number of carbonyl (C=O) groups excluding carboxylic acids is 1. The fourth-order valence-corrected chi connectivity index (χ4v) is 5.16. The number of thiazole rings is 1. The van der Waals surface area contributed by atoms with Crippen molar-refractivity contribution in [1.82, 2.24) is 8.87 Å². The van der Waals surface area contributed by atoms with Crippen molar-refractivity contribution in [1.29, 1.82) is 0 Å². The van der Waals surface area contributed by atoms with E-state index in [2.05, 4.69) is 4.99 Å². The molecule has 0 unspecified atom stereocenters. The Hall–Kier alpha value is -2.05. The summed E-state index contributed by atoms with van der Waals surface area (Å²) < 4.78 is 79.2.